The molecule has 1 heterocycles. The third kappa shape index (κ3) is 1.53. The highest BCUT2D eigenvalue weighted by Gasteiger charge is 2.37. The van der Waals surface area contributed by atoms with Crippen molar-refractivity contribution in [2.24, 2.45) is 5.73 Å². The van der Waals surface area contributed by atoms with E-state index in [2.05, 4.69) is 18.4 Å². The van der Waals surface area contributed by atoms with E-state index in [0.717, 1.165) is 24.0 Å². The van der Waals surface area contributed by atoms with Crippen LogP contribution in [0.5, 0.6) is 0 Å². The number of benzene rings is 1. The van der Waals surface area contributed by atoms with Gasteiger partial charge in [-0.25, -0.2) is 4.39 Å². The number of hydrogen-bond acceptors (Lipinski definition) is 2. The van der Waals surface area contributed by atoms with Crippen LogP contribution < -0.4 is 5.73 Å². The van der Waals surface area contributed by atoms with Crippen LogP contribution in [0.1, 0.15) is 28.0 Å². The summed E-state index contributed by atoms with van der Waals surface area (Å²) < 4.78 is 13.2. The van der Waals surface area contributed by atoms with E-state index in [1.807, 2.05) is 6.07 Å². The zero-order valence-electron chi connectivity index (χ0n) is 9.66. The van der Waals surface area contributed by atoms with E-state index in [9.17, 15) is 4.39 Å². The highest BCUT2D eigenvalue weighted by atomic mass is 32.1. The minimum Gasteiger partial charge on any atom is -0.318 e. The molecule has 0 aliphatic heterocycles. The van der Waals surface area contributed by atoms with E-state index in [4.69, 9.17) is 5.73 Å². The Bertz CT molecular complexity index is 575. The second kappa shape index (κ2) is 3.65. The largest absolute Gasteiger partial charge is 0.318 e. The van der Waals surface area contributed by atoms with Crippen molar-refractivity contribution in [1.82, 2.24) is 0 Å². The minimum atomic E-state index is -0.423. The fourth-order valence-electron chi connectivity index (χ4n) is 2.80. The monoisotopic (exact) mass is 247 g/mol. The normalized spacial score (nSPS) is 22.8. The molecule has 0 saturated carbocycles. The molecule has 17 heavy (non-hydrogen) atoms. The molecule has 88 valence electrons. The van der Waals surface area contributed by atoms with Crippen molar-refractivity contribution in [1.29, 1.82) is 0 Å². The topological polar surface area (TPSA) is 26.0 Å². The van der Waals surface area contributed by atoms with Gasteiger partial charge in [-0.05, 0) is 60.0 Å². The third-order valence-electron chi connectivity index (χ3n) is 3.68. The van der Waals surface area contributed by atoms with Crippen molar-refractivity contribution >= 4 is 11.3 Å². The van der Waals surface area contributed by atoms with Gasteiger partial charge < -0.3 is 5.73 Å². The molecule has 1 aliphatic carbocycles. The van der Waals surface area contributed by atoms with Gasteiger partial charge in [0.05, 0.1) is 5.54 Å². The Kier molecular flexibility index (Phi) is 2.35. The summed E-state index contributed by atoms with van der Waals surface area (Å²) >= 11 is 1.71. The summed E-state index contributed by atoms with van der Waals surface area (Å²) in [5.41, 5.74) is 9.47. The molecule has 3 heteroatoms. The van der Waals surface area contributed by atoms with Crippen molar-refractivity contribution in [2.75, 3.05) is 0 Å². The van der Waals surface area contributed by atoms with Crippen LogP contribution in [0.25, 0.3) is 0 Å². The van der Waals surface area contributed by atoms with E-state index in [1.54, 1.807) is 17.4 Å². The van der Waals surface area contributed by atoms with Crippen LogP contribution in [-0.2, 0) is 12.0 Å². The number of aryl methyl sites for hydroxylation is 2. The Hall–Kier alpha value is -1.19. The van der Waals surface area contributed by atoms with Crippen LogP contribution in [0.3, 0.4) is 0 Å². The molecular weight excluding hydrogens is 233 g/mol. The molecule has 0 amide bonds. The molecular formula is C14H14FNS. The van der Waals surface area contributed by atoms with Gasteiger partial charge in [0.1, 0.15) is 5.82 Å². The van der Waals surface area contributed by atoms with Gasteiger partial charge in [0, 0.05) is 4.88 Å². The Morgan fingerprint density at radius 2 is 2.12 bits per heavy atom. The number of nitrogens with two attached hydrogens (primary N) is 1. The second-order valence-corrected chi connectivity index (χ2v) is 5.78. The summed E-state index contributed by atoms with van der Waals surface area (Å²) in [6, 6.07) is 7.06. The number of hydrogen-bond donors (Lipinski definition) is 1. The van der Waals surface area contributed by atoms with Crippen molar-refractivity contribution in [2.45, 2.75) is 25.3 Å². The van der Waals surface area contributed by atoms with Crippen LogP contribution in [-0.4, -0.2) is 0 Å². The molecule has 1 aromatic heterocycles. The molecule has 1 aliphatic rings. The molecule has 0 saturated heterocycles. The Balaban J connectivity index is 2.17. The lowest BCUT2D eigenvalue weighted by Crippen LogP contribution is -2.35. The van der Waals surface area contributed by atoms with Gasteiger partial charge in [-0.15, -0.1) is 11.3 Å². The molecule has 1 nitrogen and oxygen atoms in total. The van der Waals surface area contributed by atoms with E-state index >= 15 is 0 Å². The predicted molar refractivity (Wildman–Crippen MR) is 68.7 cm³/mol. The van der Waals surface area contributed by atoms with Crippen LogP contribution in [0, 0.1) is 12.7 Å². The molecule has 0 radical (unpaired) electrons. The van der Waals surface area contributed by atoms with E-state index in [0.29, 0.717) is 0 Å². The summed E-state index contributed by atoms with van der Waals surface area (Å²) in [6.07, 6.45) is 1.72. The number of halogens is 1. The number of fused-ring (bicyclic) bond motifs is 1. The number of rotatable bonds is 1. The van der Waals surface area contributed by atoms with E-state index in [-0.39, 0.29) is 5.82 Å². The lowest BCUT2D eigenvalue weighted by molar-refractivity contribution is 0.534. The first-order valence-corrected chi connectivity index (χ1v) is 6.61. The van der Waals surface area contributed by atoms with Crippen molar-refractivity contribution < 1.29 is 4.39 Å². The Morgan fingerprint density at radius 1 is 1.29 bits per heavy atom. The molecule has 1 unspecified atom stereocenters. The maximum Gasteiger partial charge on any atom is 0.123 e. The molecule has 0 spiro atoms. The minimum absolute atomic E-state index is 0.171. The maximum absolute atomic E-state index is 13.2. The Labute approximate surface area is 104 Å². The zero-order valence-corrected chi connectivity index (χ0v) is 10.5. The fraction of sp³-hybridized carbons (Fsp3) is 0.286. The second-order valence-electron chi connectivity index (χ2n) is 4.66. The van der Waals surface area contributed by atoms with E-state index < -0.39 is 5.54 Å². The highest BCUT2D eigenvalue weighted by Crippen LogP contribution is 2.42. The number of thiophene rings is 1. The van der Waals surface area contributed by atoms with Gasteiger partial charge in [0.25, 0.3) is 0 Å². The summed E-state index contributed by atoms with van der Waals surface area (Å²) in [7, 11) is 0. The van der Waals surface area contributed by atoms with E-state index in [1.165, 1.54) is 16.5 Å². The van der Waals surface area contributed by atoms with Gasteiger partial charge in [0.2, 0.25) is 0 Å². The van der Waals surface area contributed by atoms with Crippen molar-refractivity contribution in [3.63, 3.8) is 0 Å². The van der Waals surface area contributed by atoms with Crippen LogP contribution >= 0.6 is 11.3 Å². The zero-order chi connectivity index (χ0) is 12.0. The molecule has 1 aromatic carbocycles. The molecule has 0 fully saturated rings. The summed E-state index contributed by atoms with van der Waals surface area (Å²) in [5.74, 6) is -0.171. The summed E-state index contributed by atoms with van der Waals surface area (Å²) in [4.78, 5) is 1.25. The van der Waals surface area contributed by atoms with Crippen LogP contribution in [0.4, 0.5) is 4.39 Å². The SMILES string of the molecule is Cc1sccc1C1(N)CCc2cc(F)ccc21. The van der Waals surface area contributed by atoms with Gasteiger partial charge in [-0.3, -0.25) is 0 Å². The lowest BCUT2D eigenvalue weighted by Gasteiger charge is -2.26. The van der Waals surface area contributed by atoms with Gasteiger partial charge in [0.15, 0.2) is 0 Å². The smallest absolute Gasteiger partial charge is 0.123 e. The molecule has 1 atom stereocenters. The molecule has 3 rings (SSSR count). The van der Waals surface area contributed by atoms with Crippen LogP contribution in [0.15, 0.2) is 29.6 Å². The van der Waals surface area contributed by atoms with Crippen molar-refractivity contribution in [3.8, 4) is 0 Å². The maximum atomic E-state index is 13.2. The van der Waals surface area contributed by atoms with Gasteiger partial charge in [-0.1, -0.05) is 6.07 Å². The first-order chi connectivity index (χ1) is 8.11. The summed E-state index contributed by atoms with van der Waals surface area (Å²) in [6.45, 7) is 2.09. The average molecular weight is 247 g/mol. The fourth-order valence-corrected chi connectivity index (χ4v) is 3.58. The lowest BCUT2D eigenvalue weighted by atomic mass is 9.85. The van der Waals surface area contributed by atoms with Gasteiger partial charge in [-0.2, -0.15) is 0 Å². The average Bonchev–Trinajstić information content (AvgIpc) is 2.85. The molecule has 2 aromatic rings. The first-order valence-electron chi connectivity index (χ1n) is 5.73. The summed E-state index contributed by atoms with van der Waals surface area (Å²) in [5, 5.41) is 2.07. The third-order valence-corrected chi connectivity index (χ3v) is 4.52. The Morgan fingerprint density at radius 3 is 2.82 bits per heavy atom. The van der Waals surface area contributed by atoms with Crippen LogP contribution in [0.2, 0.25) is 0 Å². The van der Waals surface area contributed by atoms with Crippen molar-refractivity contribution in [3.05, 3.63) is 57.0 Å². The van der Waals surface area contributed by atoms with Gasteiger partial charge >= 0.3 is 0 Å². The standard InChI is InChI=1S/C14H14FNS/c1-9-12(5-7-17-9)14(16)6-4-10-8-11(15)2-3-13(10)14/h2-3,5,7-8H,4,6,16H2,1H3. The molecule has 2 N–H and O–H groups in total. The quantitative estimate of drug-likeness (QED) is 0.821. The molecule has 0 bridgehead atoms. The first kappa shape index (κ1) is 10.9. The highest BCUT2D eigenvalue weighted by molar-refractivity contribution is 7.10. The predicted octanol–water partition coefficient (Wildman–Crippen LogP) is 3.34.